The number of benzene rings is 1. The van der Waals surface area contributed by atoms with E-state index in [0.717, 1.165) is 17.8 Å². The van der Waals surface area contributed by atoms with E-state index in [0.29, 0.717) is 23.7 Å². The van der Waals surface area contributed by atoms with Gasteiger partial charge in [0.25, 0.3) is 5.91 Å². The second kappa shape index (κ2) is 7.95. The number of anilines is 2. The van der Waals surface area contributed by atoms with Crippen LogP contribution in [0.5, 0.6) is 0 Å². The molecule has 118 valence electrons. The molecule has 0 saturated carbocycles. The maximum atomic E-state index is 11.9. The van der Waals surface area contributed by atoms with Crippen molar-refractivity contribution in [2.24, 2.45) is 5.92 Å². The van der Waals surface area contributed by atoms with Gasteiger partial charge in [-0.05, 0) is 42.7 Å². The summed E-state index contributed by atoms with van der Waals surface area (Å²) in [5.41, 5.74) is 2.55. The van der Waals surface area contributed by atoms with Crippen LogP contribution in [0.25, 0.3) is 0 Å². The van der Waals surface area contributed by atoms with Crippen LogP contribution in [-0.2, 0) is 0 Å². The van der Waals surface area contributed by atoms with Gasteiger partial charge in [-0.25, -0.2) is 4.98 Å². The number of nitriles is 1. The Morgan fingerprint density at radius 1 is 1.26 bits per heavy atom. The zero-order valence-corrected chi connectivity index (χ0v) is 13.3. The quantitative estimate of drug-likeness (QED) is 0.856. The van der Waals surface area contributed by atoms with Crippen molar-refractivity contribution in [2.45, 2.75) is 20.3 Å². The zero-order valence-electron chi connectivity index (χ0n) is 13.3. The Balaban J connectivity index is 1.96. The van der Waals surface area contributed by atoms with Crippen LogP contribution in [0.2, 0.25) is 0 Å². The molecule has 0 saturated heterocycles. The molecule has 23 heavy (non-hydrogen) atoms. The number of hydrogen-bond donors (Lipinski definition) is 2. The Morgan fingerprint density at radius 2 is 2.09 bits per heavy atom. The van der Waals surface area contributed by atoms with Gasteiger partial charge < -0.3 is 10.6 Å². The van der Waals surface area contributed by atoms with E-state index in [1.165, 1.54) is 0 Å². The summed E-state index contributed by atoms with van der Waals surface area (Å²) < 4.78 is 0. The molecule has 0 radical (unpaired) electrons. The molecule has 0 aliphatic carbocycles. The minimum absolute atomic E-state index is 0.163. The first-order valence-corrected chi connectivity index (χ1v) is 7.60. The summed E-state index contributed by atoms with van der Waals surface area (Å²) in [6.07, 6.45) is 2.55. The molecule has 0 aliphatic heterocycles. The van der Waals surface area contributed by atoms with Crippen LogP contribution in [0.1, 0.15) is 36.3 Å². The predicted octanol–water partition coefficient (Wildman–Crippen LogP) is 3.47. The number of rotatable bonds is 6. The van der Waals surface area contributed by atoms with Crippen LogP contribution >= 0.6 is 0 Å². The molecule has 1 aromatic heterocycles. The van der Waals surface area contributed by atoms with E-state index >= 15 is 0 Å². The van der Waals surface area contributed by atoms with Crippen LogP contribution < -0.4 is 10.6 Å². The van der Waals surface area contributed by atoms with Gasteiger partial charge in [0.15, 0.2) is 0 Å². The van der Waals surface area contributed by atoms with Crippen molar-refractivity contribution in [3.8, 4) is 6.07 Å². The molecule has 0 spiro atoms. The molecule has 0 atom stereocenters. The smallest absolute Gasteiger partial charge is 0.269 e. The molecule has 5 nitrogen and oxygen atoms in total. The summed E-state index contributed by atoms with van der Waals surface area (Å²) in [6, 6.07) is 12.8. The molecule has 5 heteroatoms. The van der Waals surface area contributed by atoms with Crippen LogP contribution in [0.4, 0.5) is 11.4 Å². The van der Waals surface area contributed by atoms with Crippen molar-refractivity contribution in [1.29, 1.82) is 5.26 Å². The van der Waals surface area contributed by atoms with E-state index in [1.54, 1.807) is 30.5 Å². The van der Waals surface area contributed by atoms with Crippen molar-refractivity contribution in [3.05, 3.63) is 53.9 Å². The van der Waals surface area contributed by atoms with Gasteiger partial charge in [0.05, 0.1) is 23.5 Å². The third-order valence-electron chi connectivity index (χ3n) is 3.28. The van der Waals surface area contributed by atoms with Crippen molar-refractivity contribution < 1.29 is 4.79 Å². The number of carbonyl (C=O) groups excluding carboxylic acids is 1. The van der Waals surface area contributed by atoms with Crippen molar-refractivity contribution in [2.75, 3.05) is 11.9 Å². The number of carbonyl (C=O) groups is 1. The average molecular weight is 308 g/mol. The number of nitrogens with one attached hydrogen (secondary N) is 2. The summed E-state index contributed by atoms with van der Waals surface area (Å²) in [6.45, 7) is 4.89. The van der Waals surface area contributed by atoms with E-state index in [9.17, 15) is 4.79 Å². The fourth-order valence-electron chi connectivity index (χ4n) is 2.00. The molecular weight excluding hydrogens is 288 g/mol. The highest BCUT2D eigenvalue weighted by Gasteiger charge is 2.07. The van der Waals surface area contributed by atoms with Crippen LogP contribution in [-0.4, -0.2) is 17.4 Å². The lowest BCUT2D eigenvalue weighted by Crippen LogP contribution is -2.26. The van der Waals surface area contributed by atoms with Gasteiger partial charge in [0, 0.05) is 12.2 Å². The lowest BCUT2D eigenvalue weighted by atomic mass is 10.1. The van der Waals surface area contributed by atoms with Gasteiger partial charge in [0.1, 0.15) is 5.69 Å². The van der Waals surface area contributed by atoms with Gasteiger partial charge in [-0.1, -0.05) is 19.9 Å². The summed E-state index contributed by atoms with van der Waals surface area (Å²) in [7, 11) is 0. The molecular formula is C18H20N4O. The maximum absolute atomic E-state index is 11.9. The van der Waals surface area contributed by atoms with E-state index in [1.807, 2.05) is 12.1 Å². The number of hydrogen-bond acceptors (Lipinski definition) is 4. The predicted molar refractivity (Wildman–Crippen MR) is 90.5 cm³/mol. The van der Waals surface area contributed by atoms with Crippen molar-refractivity contribution >= 4 is 17.3 Å². The average Bonchev–Trinajstić information content (AvgIpc) is 2.55. The van der Waals surface area contributed by atoms with E-state index in [4.69, 9.17) is 5.26 Å². The normalized spacial score (nSPS) is 10.2. The number of aromatic nitrogens is 1. The van der Waals surface area contributed by atoms with Crippen LogP contribution in [0.3, 0.4) is 0 Å². The summed E-state index contributed by atoms with van der Waals surface area (Å²) in [4.78, 5) is 16.1. The SMILES string of the molecule is CC(C)CCNC(=O)c1ccc(Nc2cccc(C#N)c2)cn1. The largest absolute Gasteiger partial charge is 0.354 e. The monoisotopic (exact) mass is 308 g/mol. The fraction of sp³-hybridized carbons (Fsp3) is 0.278. The molecule has 2 aromatic rings. The van der Waals surface area contributed by atoms with Gasteiger partial charge in [-0.3, -0.25) is 4.79 Å². The summed E-state index contributed by atoms with van der Waals surface area (Å²) in [5, 5.41) is 14.9. The molecule has 1 heterocycles. The highest BCUT2D eigenvalue weighted by Crippen LogP contribution is 2.17. The molecule has 1 amide bonds. The molecule has 1 aromatic carbocycles. The van der Waals surface area contributed by atoms with Crippen LogP contribution in [0.15, 0.2) is 42.6 Å². The highest BCUT2D eigenvalue weighted by molar-refractivity contribution is 5.92. The lowest BCUT2D eigenvalue weighted by Gasteiger charge is -2.08. The van der Waals surface area contributed by atoms with Crippen molar-refractivity contribution in [1.82, 2.24) is 10.3 Å². The molecule has 0 aliphatic rings. The topological polar surface area (TPSA) is 77.8 Å². The summed E-state index contributed by atoms with van der Waals surface area (Å²) in [5.74, 6) is 0.391. The molecule has 0 bridgehead atoms. The van der Waals surface area contributed by atoms with Gasteiger partial charge in [-0.2, -0.15) is 5.26 Å². The van der Waals surface area contributed by atoms with E-state index < -0.39 is 0 Å². The third-order valence-corrected chi connectivity index (χ3v) is 3.28. The number of amides is 1. The zero-order chi connectivity index (χ0) is 16.7. The lowest BCUT2D eigenvalue weighted by molar-refractivity contribution is 0.0947. The molecule has 2 N–H and O–H groups in total. The molecule has 0 fully saturated rings. The standard InChI is InChI=1S/C18H20N4O/c1-13(2)8-9-20-18(23)17-7-6-16(12-21-17)22-15-5-3-4-14(10-15)11-19/h3-7,10,12-13,22H,8-9H2,1-2H3,(H,20,23). The number of nitrogens with zero attached hydrogens (tertiary/aromatic N) is 2. The Morgan fingerprint density at radius 3 is 2.74 bits per heavy atom. The second-order valence-electron chi connectivity index (χ2n) is 5.69. The molecule has 2 rings (SSSR count). The third kappa shape index (κ3) is 5.11. The number of pyridine rings is 1. The maximum Gasteiger partial charge on any atom is 0.269 e. The minimum atomic E-state index is -0.163. The minimum Gasteiger partial charge on any atom is -0.354 e. The van der Waals surface area contributed by atoms with Crippen molar-refractivity contribution in [3.63, 3.8) is 0 Å². The van der Waals surface area contributed by atoms with Gasteiger partial charge >= 0.3 is 0 Å². The fourth-order valence-corrected chi connectivity index (χ4v) is 2.00. The Labute approximate surface area is 136 Å². The van der Waals surface area contributed by atoms with Gasteiger partial charge in [-0.15, -0.1) is 0 Å². The first kappa shape index (κ1) is 16.5. The highest BCUT2D eigenvalue weighted by atomic mass is 16.1. The van der Waals surface area contributed by atoms with Gasteiger partial charge in [0.2, 0.25) is 0 Å². The summed E-state index contributed by atoms with van der Waals surface area (Å²) >= 11 is 0. The molecule has 0 unspecified atom stereocenters. The second-order valence-corrected chi connectivity index (χ2v) is 5.69. The van der Waals surface area contributed by atoms with Crippen LogP contribution in [0, 0.1) is 17.2 Å². The first-order valence-electron chi connectivity index (χ1n) is 7.60. The van der Waals surface area contributed by atoms with E-state index in [2.05, 4.69) is 35.5 Å². The Hall–Kier alpha value is -2.87. The Kier molecular flexibility index (Phi) is 5.70. The Bertz CT molecular complexity index is 702. The van der Waals surface area contributed by atoms with E-state index in [-0.39, 0.29) is 5.91 Å². The first-order chi connectivity index (χ1) is 11.1.